The minimum Gasteiger partial charge on any atom is -0.508 e. The zero-order valence-electron chi connectivity index (χ0n) is 20.0. The van der Waals surface area contributed by atoms with Gasteiger partial charge in [-0.2, -0.15) is 0 Å². The van der Waals surface area contributed by atoms with Crippen LogP contribution in [0.4, 0.5) is 0 Å². The van der Waals surface area contributed by atoms with Crippen LogP contribution in [-0.2, 0) is 19.2 Å². The van der Waals surface area contributed by atoms with E-state index in [0.717, 1.165) is 0 Å². The fourth-order valence-corrected chi connectivity index (χ4v) is 6.29. The quantitative estimate of drug-likeness (QED) is 0.331. The molecule has 0 aliphatic carbocycles. The molecule has 0 aromatic heterocycles. The van der Waals surface area contributed by atoms with Gasteiger partial charge in [0.05, 0.1) is 0 Å². The maximum atomic E-state index is 13.4. The summed E-state index contributed by atoms with van der Waals surface area (Å²) < 4.78 is -0.730. The molecule has 36 heavy (non-hydrogen) atoms. The van der Waals surface area contributed by atoms with Gasteiger partial charge in [0, 0.05) is 4.75 Å². The lowest BCUT2D eigenvalue weighted by atomic mass is 9.95. The summed E-state index contributed by atoms with van der Waals surface area (Å²) >= 11 is 1.32. The van der Waals surface area contributed by atoms with E-state index in [1.807, 2.05) is 6.07 Å². The summed E-state index contributed by atoms with van der Waals surface area (Å²) in [7, 11) is 1.63. The van der Waals surface area contributed by atoms with Gasteiger partial charge in [0.1, 0.15) is 35.3 Å². The molecule has 11 heteroatoms. The van der Waals surface area contributed by atoms with E-state index in [4.69, 9.17) is 0 Å². The Balaban J connectivity index is 1.55. The van der Waals surface area contributed by atoms with E-state index in [-0.39, 0.29) is 5.75 Å². The highest BCUT2D eigenvalue weighted by atomic mass is 32.2. The van der Waals surface area contributed by atoms with Crippen molar-refractivity contribution < 1.29 is 29.4 Å². The molecule has 5 atom stereocenters. The number of phenolic OH excluding ortho intramolecular Hbond substituents is 1. The number of amides is 3. The van der Waals surface area contributed by atoms with Gasteiger partial charge in [0.25, 0.3) is 0 Å². The molecule has 0 bridgehead atoms. The maximum absolute atomic E-state index is 13.4. The molecule has 0 radical (unpaired) electrons. The number of phenols is 1. The molecule has 2 aromatic carbocycles. The van der Waals surface area contributed by atoms with Crippen LogP contribution in [0.25, 0.3) is 0 Å². The van der Waals surface area contributed by atoms with Gasteiger partial charge in [-0.25, -0.2) is 4.79 Å². The lowest BCUT2D eigenvalue weighted by Crippen LogP contribution is -2.71. The summed E-state index contributed by atoms with van der Waals surface area (Å²) in [6.07, 6.45) is 0. The summed E-state index contributed by atoms with van der Waals surface area (Å²) in [5.41, 5.74) is 1.12. The van der Waals surface area contributed by atoms with Crippen molar-refractivity contribution >= 4 is 35.5 Å². The number of fused-ring (bicyclic) bond motifs is 1. The van der Waals surface area contributed by atoms with Gasteiger partial charge in [0.2, 0.25) is 17.7 Å². The summed E-state index contributed by atoms with van der Waals surface area (Å²) in [5, 5.41) is 27.2. The lowest BCUT2D eigenvalue weighted by molar-refractivity contribution is -0.161. The molecule has 2 fully saturated rings. The number of hydrogen-bond donors (Lipinski definition) is 5. The number of likely N-dealkylation sites (N-methyl/N-ethyl adjacent to an activating group) is 1. The molecule has 10 nitrogen and oxygen atoms in total. The number of carbonyl (C=O) groups excluding carboxylic acids is 3. The summed E-state index contributed by atoms with van der Waals surface area (Å²) in [6, 6.07) is 11.0. The molecule has 2 aromatic rings. The van der Waals surface area contributed by atoms with Crippen LogP contribution in [0.1, 0.15) is 37.1 Å². The Hall–Kier alpha value is -3.57. The standard InChI is InChI=1S/C25H28N4O6S/c1-25(2)19(24(34)35)29-22(33)18(23(29)36-25)28-21(32)17(14-9-11-15(30)12-10-14)27-20(31)16(26-3)13-7-5-4-6-8-13/h4-12,16-19,23,26,30H,1-3H3,(H,27,31)(H,28,32)(H,34,35)/t16?,17?,18-,19+,23-/m1/s1. The molecule has 2 aliphatic rings. The summed E-state index contributed by atoms with van der Waals surface area (Å²) in [6.45, 7) is 3.50. The summed E-state index contributed by atoms with van der Waals surface area (Å²) in [5.74, 6) is -2.66. The van der Waals surface area contributed by atoms with E-state index in [1.54, 1.807) is 45.2 Å². The number of thioether (sulfide) groups is 1. The van der Waals surface area contributed by atoms with E-state index in [2.05, 4.69) is 16.0 Å². The lowest BCUT2D eigenvalue weighted by Gasteiger charge is -2.44. The first-order valence-electron chi connectivity index (χ1n) is 11.4. The number of rotatable bonds is 8. The molecule has 0 saturated carbocycles. The van der Waals surface area contributed by atoms with Crippen molar-refractivity contribution in [3.05, 3.63) is 65.7 Å². The van der Waals surface area contributed by atoms with Gasteiger partial charge < -0.3 is 31.1 Å². The van der Waals surface area contributed by atoms with Gasteiger partial charge in [-0.05, 0) is 44.2 Å². The molecule has 5 N–H and O–H groups in total. The van der Waals surface area contributed by atoms with Crippen LogP contribution in [-0.4, -0.2) is 68.1 Å². The van der Waals surface area contributed by atoms with E-state index in [9.17, 15) is 29.4 Å². The smallest absolute Gasteiger partial charge is 0.327 e. The number of benzene rings is 2. The number of nitrogens with one attached hydrogen (secondary N) is 3. The fourth-order valence-electron chi connectivity index (χ4n) is 4.67. The Morgan fingerprint density at radius 1 is 0.972 bits per heavy atom. The summed E-state index contributed by atoms with van der Waals surface area (Å²) in [4.78, 5) is 52.5. The van der Waals surface area contributed by atoms with E-state index >= 15 is 0 Å². The Morgan fingerprint density at radius 2 is 1.58 bits per heavy atom. The number of nitrogens with zero attached hydrogens (tertiary/aromatic N) is 1. The molecule has 2 heterocycles. The third kappa shape index (κ3) is 4.63. The Labute approximate surface area is 212 Å². The van der Waals surface area contributed by atoms with Crippen molar-refractivity contribution in [1.29, 1.82) is 0 Å². The van der Waals surface area contributed by atoms with Crippen molar-refractivity contribution in [3.8, 4) is 5.75 Å². The largest absolute Gasteiger partial charge is 0.508 e. The predicted octanol–water partition coefficient (Wildman–Crippen LogP) is 1.14. The minimum atomic E-state index is -1.16. The number of carboxylic acid groups (broad SMARTS) is 1. The highest BCUT2D eigenvalue weighted by molar-refractivity contribution is 8.01. The first-order chi connectivity index (χ1) is 17.0. The first kappa shape index (κ1) is 25.5. The Bertz CT molecular complexity index is 1170. The van der Waals surface area contributed by atoms with Crippen LogP contribution in [0, 0.1) is 0 Å². The van der Waals surface area contributed by atoms with Gasteiger partial charge in [0.15, 0.2) is 0 Å². The average molecular weight is 513 g/mol. The number of carbonyl (C=O) groups is 4. The third-order valence-corrected chi connectivity index (χ3v) is 8.00. The molecule has 3 amide bonds. The first-order valence-corrected chi connectivity index (χ1v) is 12.3. The second-order valence-corrected chi connectivity index (χ2v) is 11.0. The van der Waals surface area contributed by atoms with Crippen LogP contribution in [0.2, 0.25) is 0 Å². The van der Waals surface area contributed by atoms with E-state index in [0.29, 0.717) is 11.1 Å². The molecule has 0 spiro atoms. The van der Waals surface area contributed by atoms with Crippen LogP contribution in [0.15, 0.2) is 54.6 Å². The monoisotopic (exact) mass is 512 g/mol. The van der Waals surface area contributed by atoms with Gasteiger partial charge >= 0.3 is 5.97 Å². The number of aliphatic carboxylic acids is 1. The number of aromatic hydroxyl groups is 1. The maximum Gasteiger partial charge on any atom is 0.327 e. The fraction of sp³-hybridized carbons (Fsp3) is 0.360. The highest BCUT2D eigenvalue weighted by Crippen LogP contribution is 2.50. The highest BCUT2D eigenvalue weighted by Gasteiger charge is 2.64. The van der Waals surface area contributed by atoms with E-state index < -0.39 is 58.0 Å². The average Bonchev–Trinajstić information content (AvgIpc) is 3.10. The normalized spacial score (nSPS) is 23.7. The molecule has 2 aliphatic heterocycles. The minimum absolute atomic E-state index is 0.00395. The third-order valence-electron chi connectivity index (χ3n) is 6.43. The zero-order chi connectivity index (χ0) is 26.2. The Kier molecular flexibility index (Phi) is 6.96. The van der Waals surface area contributed by atoms with Crippen LogP contribution < -0.4 is 16.0 Å². The predicted molar refractivity (Wildman–Crippen MR) is 133 cm³/mol. The van der Waals surface area contributed by atoms with Crippen molar-refractivity contribution in [3.63, 3.8) is 0 Å². The Morgan fingerprint density at radius 3 is 2.17 bits per heavy atom. The van der Waals surface area contributed by atoms with Crippen molar-refractivity contribution in [2.75, 3.05) is 7.05 Å². The van der Waals surface area contributed by atoms with Crippen molar-refractivity contribution in [2.45, 2.75) is 48.1 Å². The van der Waals surface area contributed by atoms with Crippen LogP contribution >= 0.6 is 11.8 Å². The van der Waals surface area contributed by atoms with Crippen molar-refractivity contribution in [2.24, 2.45) is 0 Å². The van der Waals surface area contributed by atoms with Gasteiger partial charge in [-0.15, -0.1) is 11.8 Å². The zero-order valence-corrected chi connectivity index (χ0v) is 20.8. The molecule has 2 saturated heterocycles. The van der Waals surface area contributed by atoms with Gasteiger partial charge in [-0.1, -0.05) is 42.5 Å². The van der Waals surface area contributed by atoms with E-state index in [1.165, 1.54) is 40.9 Å². The molecular formula is C25H28N4O6S. The van der Waals surface area contributed by atoms with Crippen molar-refractivity contribution in [1.82, 2.24) is 20.9 Å². The number of hydrogen-bond acceptors (Lipinski definition) is 7. The molecule has 4 rings (SSSR count). The molecular weight excluding hydrogens is 484 g/mol. The van der Waals surface area contributed by atoms with Crippen LogP contribution in [0.5, 0.6) is 5.75 Å². The SMILES string of the molecule is CNC(C(=O)NC(C(=O)N[C@@H]1C(=O)N2[C@@H]1SC(C)(C)[C@@H]2C(=O)O)c1ccc(O)cc1)c1ccccc1. The van der Waals surface area contributed by atoms with Gasteiger partial charge in [-0.3, -0.25) is 14.4 Å². The molecule has 2 unspecified atom stereocenters. The second-order valence-electron chi connectivity index (χ2n) is 9.25. The van der Waals surface area contributed by atoms with Crippen LogP contribution in [0.3, 0.4) is 0 Å². The topological polar surface area (TPSA) is 148 Å². The number of carboxylic acids is 1. The molecule has 190 valence electrons. The second kappa shape index (κ2) is 9.82. The number of β-lactam (4-membered cyclic amide) rings is 1.